The summed E-state index contributed by atoms with van der Waals surface area (Å²) in [6.45, 7) is 16.7. The number of piperazine rings is 1. The highest BCUT2D eigenvalue weighted by atomic mass is 16.5. The molecule has 1 heterocycles. The van der Waals surface area contributed by atoms with Gasteiger partial charge in [-0.1, -0.05) is 19.1 Å². The molecule has 2 unspecified atom stereocenters. The van der Waals surface area contributed by atoms with E-state index in [9.17, 15) is 0 Å². The van der Waals surface area contributed by atoms with E-state index in [1.165, 1.54) is 18.7 Å². The molecule has 2 atom stereocenters. The molecule has 0 aliphatic carbocycles. The lowest BCUT2D eigenvalue weighted by Gasteiger charge is -2.33. The van der Waals surface area contributed by atoms with Crippen molar-refractivity contribution in [2.24, 2.45) is 10.9 Å². The monoisotopic (exact) mass is 389 g/mol. The first kappa shape index (κ1) is 22.5. The van der Waals surface area contributed by atoms with Gasteiger partial charge in [-0.15, -0.1) is 0 Å². The Hall–Kier alpha value is -1.79. The Morgan fingerprint density at radius 2 is 1.93 bits per heavy atom. The fourth-order valence-corrected chi connectivity index (χ4v) is 3.32. The lowest BCUT2D eigenvalue weighted by molar-refractivity contribution is 0.140. The standard InChI is InChI=1S/C22H39N5O/c1-6-23-22(24-15-19(3)17-27-12-10-26(5)11-13-27)25-16-20(4)28-21-9-7-8-18(2)14-21/h7-9,14,19-20H,6,10-13,15-17H2,1-5H3,(H2,23,24,25). The van der Waals surface area contributed by atoms with Crippen LogP contribution in [0.1, 0.15) is 26.3 Å². The summed E-state index contributed by atoms with van der Waals surface area (Å²) < 4.78 is 6.00. The minimum atomic E-state index is 0.0634. The maximum atomic E-state index is 6.00. The van der Waals surface area contributed by atoms with Crippen molar-refractivity contribution in [3.8, 4) is 5.75 Å². The van der Waals surface area contributed by atoms with E-state index in [-0.39, 0.29) is 6.10 Å². The van der Waals surface area contributed by atoms with Gasteiger partial charge in [-0.2, -0.15) is 0 Å². The van der Waals surface area contributed by atoms with Gasteiger partial charge in [0.15, 0.2) is 5.96 Å². The lowest BCUT2D eigenvalue weighted by atomic mass is 10.1. The van der Waals surface area contributed by atoms with Crippen LogP contribution in [0.2, 0.25) is 0 Å². The molecule has 0 bridgehead atoms. The second-order valence-electron chi connectivity index (χ2n) is 8.05. The first-order valence-corrected chi connectivity index (χ1v) is 10.6. The average molecular weight is 390 g/mol. The zero-order chi connectivity index (χ0) is 20.4. The topological polar surface area (TPSA) is 52.1 Å². The number of hydrogen-bond donors (Lipinski definition) is 2. The molecule has 2 rings (SSSR count). The first-order valence-electron chi connectivity index (χ1n) is 10.6. The Balaban J connectivity index is 1.75. The van der Waals surface area contributed by atoms with Crippen LogP contribution in [0.15, 0.2) is 29.3 Å². The van der Waals surface area contributed by atoms with E-state index in [2.05, 4.69) is 67.3 Å². The number of nitrogens with zero attached hydrogens (tertiary/aromatic N) is 3. The Labute approximate surface area is 171 Å². The molecule has 2 N–H and O–H groups in total. The summed E-state index contributed by atoms with van der Waals surface area (Å²) in [7, 11) is 2.20. The van der Waals surface area contributed by atoms with Gasteiger partial charge in [-0.3, -0.25) is 4.99 Å². The summed E-state index contributed by atoms with van der Waals surface area (Å²) in [6.07, 6.45) is 0.0634. The normalized spacial score (nSPS) is 18.5. The molecule has 6 heteroatoms. The summed E-state index contributed by atoms with van der Waals surface area (Å²) >= 11 is 0. The van der Waals surface area contributed by atoms with E-state index in [0.717, 1.165) is 44.4 Å². The fraction of sp³-hybridized carbons (Fsp3) is 0.682. The van der Waals surface area contributed by atoms with Crippen LogP contribution < -0.4 is 15.4 Å². The average Bonchev–Trinajstić information content (AvgIpc) is 2.66. The third-order valence-electron chi connectivity index (χ3n) is 4.95. The van der Waals surface area contributed by atoms with Gasteiger partial charge in [0.1, 0.15) is 11.9 Å². The van der Waals surface area contributed by atoms with Crippen LogP contribution in [0, 0.1) is 12.8 Å². The van der Waals surface area contributed by atoms with Gasteiger partial charge in [0.25, 0.3) is 0 Å². The third kappa shape index (κ3) is 8.48. The maximum Gasteiger partial charge on any atom is 0.191 e. The van der Waals surface area contributed by atoms with Crippen LogP contribution in [-0.2, 0) is 0 Å². The zero-order valence-electron chi connectivity index (χ0n) is 18.4. The molecule has 158 valence electrons. The van der Waals surface area contributed by atoms with E-state index in [1.807, 2.05) is 12.1 Å². The molecule has 1 aliphatic heterocycles. The smallest absolute Gasteiger partial charge is 0.191 e. The van der Waals surface area contributed by atoms with E-state index < -0.39 is 0 Å². The SMILES string of the molecule is CCNC(=NCC(C)CN1CCN(C)CC1)NCC(C)Oc1cccc(C)c1. The molecule has 1 fully saturated rings. The zero-order valence-corrected chi connectivity index (χ0v) is 18.4. The largest absolute Gasteiger partial charge is 0.489 e. The van der Waals surface area contributed by atoms with Crippen molar-refractivity contribution in [1.82, 2.24) is 20.4 Å². The summed E-state index contributed by atoms with van der Waals surface area (Å²) in [5.74, 6) is 2.32. The quantitative estimate of drug-likeness (QED) is 0.501. The molecule has 1 saturated heterocycles. The molecule has 6 nitrogen and oxygen atoms in total. The molecule has 1 aliphatic rings. The molecule has 0 amide bonds. The molecular formula is C22H39N5O. The van der Waals surface area contributed by atoms with Crippen LogP contribution in [-0.4, -0.2) is 81.3 Å². The van der Waals surface area contributed by atoms with Gasteiger partial charge in [0.2, 0.25) is 0 Å². The third-order valence-corrected chi connectivity index (χ3v) is 4.95. The van der Waals surface area contributed by atoms with Gasteiger partial charge in [0.05, 0.1) is 6.54 Å². The molecule has 0 aromatic heterocycles. The van der Waals surface area contributed by atoms with Crippen LogP contribution in [0.5, 0.6) is 5.75 Å². The van der Waals surface area contributed by atoms with Gasteiger partial charge in [-0.05, 0) is 51.4 Å². The number of likely N-dealkylation sites (N-methyl/N-ethyl adjacent to an activating group) is 1. The maximum absolute atomic E-state index is 6.00. The van der Waals surface area contributed by atoms with Crippen molar-refractivity contribution in [2.45, 2.75) is 33.8 Å². The summed E-state index contributed by atoms with van der Waals surface area (Å²) in [6, 6.07) is 8.17. The van der Waals surface area contributed by atoms with Crippen molar-refractivity contribution in [1.29, 1.82) is 0 Å². The van der Waals surface area contributed by atoms with Gasteiger partial charge in [-0.25, -0.2) is 0 Å². The highest BCUT2D eigenvalue weighted by molar-refractivity contribution is 5.79. The number of aryl methyl sites for hydroxylation is 1. The first-order chi connectivity index (χ1) is 13.5. The molecule has 1 aromatic rings. The predicted octanol–water partition coefficient (Wildman–Crippen LogP) is 2.20. The van der Waals surface area contributed by atoms with Gasteiger partial charge in [0, 0.05) is 45.8 Å². The molecule has 1 aromatic carbocycles. The number of benzene rings is 1. The number of aliphatic imine (C=N–C) groups is 1. The van der Waals surface area contributed by atoms with E-state index >= 15 is 0 Å². The highest BCUT2D eigenvalue weighted by Gasteiger charge is 2.16. The predicted molar refractivity (Wildman–Crippen MR) is 118 cm³/mol. The summed E-state index contributed by atoms with van der Waals surface area (Å²) in [5.41, 5.74) is 1.21. The Morgan fingerprint density at radius 3 is 2.61 bits per heavy atom. The van der Waals surface area contributed by atoms with Crippen LogP contribution in [0.4, 0.5) is 0 Å². The second-order valence-corrected chi connectivity index (χ2v) is 8.05. The lowest BCUT2D eigenvalue weighted by Crippen LogP contribution is -2.46. The van der Waals surface area contributed by atoms with E-state index in [4.69, 9.17) is 9.73 Å². The van der Waals surface area contributed by atoms with Gasteiger partial charge < -0.3 is 25.2 Å². The molecule has 0 saturated carbocycles. The van der Waals surface area contributed by atoms with Crippen LogP contribution in [0.3, 0.4) is 0 Å². The molecule has 0 spiro atoms. The molecular weight excluding hydrogens is 350 g/mol. The van der Waals surface area contributed by atoms with Crippen molar-refractivity contribution >= 4 is 5.96 Å². The Bertz CT molecular complexity index is 598. The van der Waals surface area contributed by atoms with E-state index in [0.29, 0.717) is 12.5 Å². The number of hydrogen-bond acceptors (Lipinski definition) is 4. The van der Waals surface area contributed by atoms with Crippen molar-refractivity contribution in [3.63, 3.8) is 0 Å². The second kappa shape index (κ2) is 11.9. The number of guanidine groups is 1. The number of nitrogens with one attached hydrogen (secondary N) is 2. The van der Waals surface area contributed by atoms with Crippen LogP contribution in [0.25, 0.3) is 0 Å². The number of rotatable bonds is 9. The van der Waals surface area contributed by atoms with Crippen LogP contribution >= 0.6 is 0 Å². The van der Waals surface area contributed by atoms with Crippen molar-refractivity contribution < 1.29 is 4.74 Å². The minimum absolute atomic E-state index is 0.0634. The summed E-state index contributed by atoms with van der Waals surface area (Å²) in [4.78, 5) is 9.74. The van der Waals surface area contributed by atoms with Crippen molar-refractivity contribution in [3.05, 3.63) is 29.8 Å². The molecule has 0 radical (unpaired) electrons. The Morgan fingerprint density at radius 1 is 1.18 bits per heavy atom. The molecule has 28 heavy (non-hydrogen) atoms. The highest BCUT2D eigenvalue weighted by Crippen LogP contribution is 2.13. The minimum Gasteiger partial charge on any atom is -0.489 e. The van der Waals surface area contributed by atoms with Crippen molar-refractivity contribution in [2.75, 3.05) is 59.4 Å². The number of ether oxygens (including phenoxy) is 1. The van der Waals surface area contributed by atoms with Gasteiger partial charge >= 0.3 is 0 Å². The Kier molecular flexibility index (Phi) is 9.58. The summed E-state index contributed by atoms with van der Waals surface area (Å²) in [5, 5.41) is 6.75. The fourth-order valence-electron chi connectivity index (χ4n) is 3.32. The van der Waals surface area contributed by atoms with E-state index in [1.54, 1.807) is 0 Å².